The number of ether oxygens (including phenoxy) is 1. The smallest absolute Gasteiger partial charge is 0.0810 e. The van der Waals surface area contributed by atoms with Crippen LogP contribution in [0.2, 0.25) is 0 Å². The van der Waals surface area contributed by atoms with E-state index < -0.39 is 0 Å². The topological polar surface area (TPSA) is 15.8 Å². The number of rotatable bonds is 8. The van der Waals surface area contributed by atoms with Gasteiger partial charge in [0.05, 0.1) is 12.7 Å². The Morgan fingerprint density at radius 2 is 2.00 bits per heavy atom. The van der Waals surface area contributed by atoms with Crippen molar-refractivity contribution in [2.45, 2.75) is 38.8 Å². The molecule has 0 spiro atoms. The molecule has 1 aromatic carbocycles. The Balaban J connectivity index is 1.74. The van der Waals surface area contributed by atoms with Gasteiger partial charge in [-0.3, -0.25) is 4.90 Å². The molecule has 1 atom stereocenters. The van der Waals surface area contributed by atoms with Crippen LogP contribution < -0.4 is 0 Å². The van der Waals surface area contributed by atoms with Gasteiger partial charge in [0.1, 0.15) is 0 Å². The summed E-state index contributed by atoms with van der Waals surface area (Å²) in [4.78, 5) is 2.55. The molecule has 1 unspecified atom stereocenters. The minimum Gasteiger partial charge on any atom is -0.373 e. The minimum absolute atomic E-state index is 0.579. The van der Waals surface area contributed by atoms with E-state index in [4.69, 9.17) is 4.74 Å². The molecule has 1 fully saturated rings. The highest BCUT2D eigenvalue weighted by molar-refractivity contribution is 5.14. The van der Waals surface area contributed by atoms with Gasteiger partial charge in [-0.15, -0.1) is 0 Å². The monoisotopic (exact) mass is 233 g/mol. The molecule has 17 heavy (non-hydrogen) atoms. The summed E-state index contributed by atoms with van der Waals surface area (Å²) in [5, 5.41) is 0. The number of benzene rings is 1. The highest BCUT2D eigenvalue weighted by atomic mass is 16.6. The molecule has 0 bridgehead atoms. The molecule has 1 heterocycles. The summed E-state index contributed by atoms with van der Waals surface area (Å²) in [7, 11) is 0. The zero-order valence-electron chi connectivity index (χ0n) is 10.8. The van der Waals surface area contributed by atoms with E-state index in [2.05, 4.69) is 42.2 Å². The second-order valence-electron chi connectivity index (χ2n) is 4.86. The van der Waals surface area contributed by atoms with Crippen LogP contribution in [-0.4, -0.2) is 30.7 Å². The predicted octanol–water partition coefficient (Wildman–Crippen LogP) is 3.08. The third-order valence-electron chi connectivity index (χ3n) is 3.19. The van der Waals surface area contributed by atoms with Crippen LogP contribution >= 0.6 is 0 Å². The van der Waals surface area contributed by atoms with Crippen LogP contribution in [0.25, 0.3) is 0 Å². The van der Waals surface area contributed by atoms with Gasteiger partial charge in [0.25, 0.3) is 0 Å². The number of hydrogen-bond donors (Lipinski definition) is 0. The molecule has 1 saturated heterocycles. The third-order valence-corrected chi connectivity index (χ3v) is 3.19. The van der Waals surface area contributed by atoms with E-state index in [-0.39, 0.29) is 0 Å². The summed E-state index contributed by atoms with van der Waals surface area (Å²) in [6, 6.07) is 10.8. The van der Waals surface area contributed by atoms with E-state index in [9.17, 15) is 0 Å². The van der Waals surface area contributed by atoms with Gasteiger partial charge in [0.2, 0.25) is 0 Å². The highest BCUT2D eigenvalue weighted by Gasteiger charge is 2.21. The molecule has 0 aliphatic carbocycles. The van der Waals surface area contributed by atoms with Crippen LogP contribution in [-0.2, 0) is 11.3 Å². The first-order valence-corrected chi connectivity index (χ1v) is 6.76. The van der Waals surface area contributed by atoms with Crippen molar-refractivity contribution in [3.05, 3.63) is 35.9 Å². The predicted molar refractivity (Wildman–Crippen MR) is 71.0 cm³/mol. The molecule has 0 aromatic heterocycles. The van der Waals surface area contributed by atoms with Gasteiger partial charge in [-0.25, -0.2) is 0 Å². The first kappa shape index (κ1) is 12.6. The van der Waals surface area contributed by atoms with Crippen molar-refractivity contribution in [1.29, 1.82) is 0 Å². The Morgan fingerprint density at radius 3 is 2.65 bits per heavy atom. The number of epoxide rings is 1. The Hall–Kier alpha value is -0.860. The maximum absolute atomic E-state index is 5.25. The Morgan fingerprint density at radius 1 is 1.24 bits per heavy atom. The summed E-state index contributed by atoms with van der Waals surface area (Å²) in [6.45, 7) is 6.72. The summed E-state index contributed by atoms with van der Waals surface area (Å²) >= 11 is 0. The fraction of sp³-hybridized carbons (Fsp3) is 0.600. The lowest BCUT2D eigenvalue weighted by Gasteiger charge is -2.21. The van der Waals surface area contributed by atoms with Gasteiger partial charge in [-0.1, -0.05) is 37.3 Å². The van der Waals surface area contributed by atoms with Gasteiger partial charge in [-0.2, -0.15) is 0 Å². The summed E-state index contributed by atoms with van der Waals surface area (Å²) in [5.74, 6) is 0. The SMILES string of the molecule is CCCN(CCCC1CO1)Cc1ccccc1. The number of nitrogens with zero attached hydrogens (tertiary/aromatic N) is 1. The van der Waals surface area contributed by atoms with Gasteiger partial charge in [-0.05, 0) is 37.9 Å². The minimum atomic E-state index is 0.579. The molecular formula is C15H23NO. The molecular weight excluding hydrogens is 210 g/mol. The van der Waals surface area contributed by atoms with E-state index in [1.807, 2.05) is 0 Å². The molecule has 2 heteroatoms. The van der Waals surface area contributed by atoms with Crippen LogP contribution in [0.3, 0.4) is 0 Å². The number of hydrogen-bond acceptors (Lipinski definition) is 2. The van der Waals surface area contributed by atoms with E-state index >= 15 is 0 Å². The van der Waals surface area contributed by atoms with Crippen molar-refractivity contribution in [3.63, 3.8) is 0 Å². The second kappa shape index (κ2) is 6.77. The molecule has 0 saturated carbocycles. The van der Waals surface area contributed by atoms with Crippen molar-refractivity contribution in [3.8, 4) is 0 Å². The zero-order chi connectivity index (χ0) is 11.9. The largest absolute Gasteiger partial charge is 0.373 e. The van der Waals surface area contributed by atoms with Crippen molar-refractivity contribution in [2.24, 2.45) is 0 Å². The average molecular weight is 233 g/mol. The molecule has 0 amide bonds. The molecule has 1 aromatic rings. The van der Waals surface area contributed by atoms with E-state index in [0.717, 1.165) is 13.2 Å². The highest BCUT2D eigenvalue weighted by Crippen LogP contribution is 2.16. The van der Waals surface area contributed by atoms with E-state index in [0.29, 0.717) is 6.10 Å². The summed E-state index contributed by atoms with van der Waals surface area (Å²) in [5.41, 5.74) is 1.42. The Labute approximate surface area is 105 Å². The van der Waals surface area contributed by atoms with Crippen LogP contribution in [0.5, 0.6) is 0 Å². The summed E-state index contributed by atoms with van der Waals surface area (Å²) < 4.78 is 5.25. The standard InChI is InChI=1S/C15H23NO/c1-2-10-16(11-6-9-15-13-17-15)12-14-7-4-3-5-8-14/h3-5,7-8,15H,2,6,9-13H2,1H3. The lowest BCUT2D eigenvalue weighted by Crippen LogP contribution is -2.25. The normalized spacial score (nSPS) is 18.6. The van der Waals surface area contributed by atoms with Crippen LogP contribution in [0.1, 0.15) is 31.7 Å². The maximum atomic E-state index is 5.25. The molecule has 94 valence electrons. The fourth-order valence-corrected chi connectivity index (χ4v) is 2.21. The van der Waals surface area contributed by atoms with Crippen LogP contribution in [0, 0.1) is 0 Å². The van der Waals surface area contributed by atoms with Crippen molar-refractivity contribution >= 4 is 0 Å². The van der Waals surface area contributed by atoms with Crippen molar-refractivity contribution in [1.82, 2.24) is 4.90 Å². The van der Waals surface area contributed by atoms with E-state index in [1.165, 1.54) is 37.9 Å². The molecule has 2 rings (SSSR count). The van der Waals surface area contributed by atoms with Crippen LogP contribution in [0.15, 0.2) is 30.3 Å². The lowest BCUT2D eigenvalue weighted by atomic mass is 10.2. The quantitative estimate of drug-likeness (QED) is 0.641. The Kier molecular flexibility index (Phi) is 5.02. The molecule has 1 aliphatic rings. The molecule has 1 aliphatic heterocycles. The maximum Gasteiger partial charge on any atom is 0.0810 e. The van der Waals surface area contributed by atoms with Gasteiger partial charge < -0.3 is 4.74 Å². The van der Waals surface area contributed by atoms with Crippen LogP contribution in [0.4, 0.5) is 0 Å². The average Bonchev–Trinajstić information content (AvgIpc) is 3.15. The van der Waals surface area contributed by atoms with Gasteiger partial charge in [0.15, 0.2) is 0 Å². The molecule has 0 N–H and O–H groups in total. The van der Waals surface area contributed by atoms with Gasteiger partial charge in [0, 0.05) is 6.54 Å². The van der Waals surface area contributed by atoms with Gasteiger partial charge >= 0.3 is 0 Å². The molecule has 2 nitrogen and oxygen atoms in total. The van der Waals surface area contributed by atoms with Crippen molar-refractivity contribution in [2.75, 3.05) is 19.7 Å². The van der Waals surface area contributed by atoms with E-state index in [1.54, 1.807) is 0 Å². The second-order valence-corrected chi connectivity index (χ2v) is 4.86. The summed E-state index contributed by atoms with van der Waals surface area (Å²) in [6.07, 6.45) is 4.30. The zero-order valence-corrected chi connectivity index (χ0v) is 10.8. The fourth-order valence-electron chi connectivity index (χ4n) is 2.21. The lowest BCUT2D eigenvalue weighted by molar-refractivity contribution is 0.255. The van der Waals surface area contributed by atoms with Crippen molar-refractivity contribution < 1.29 is 4.74 Å². The first-order valence-electron chi connectivity index (χ1n) is 6.76. The Bertz CT molecular complexity index is 308. The first-order chi connectivity index (χ1) is 8.38. The molecule has 0 radical (unpaired) electrons. The third kappa shape index (κ3) is 4.88.